The molecule has 0 spiro atoms. The Labute approximate surface area is 317 Å². The number of fused-ring (bicyclic) bond motifs is 3. The number of carbonyl (C=O) groups is 5. The average molecular weight is 790 g/mol. The van der Waals surface area contributed by atoms with Crippen LogP contribution in [0.1, 0.15) is 76.8 Å². The zero-order chi connectivity index (χ0) is 38.1. The first-order valence-corrected chi connectivity index (χ1v) is 20.4. The number of amides is 5. The maximum atomic E-state index is 14.4. The third-order valence-corrected chi connectivity index (χ3v) is 12.9. The van der Waals surface area contributed by atoms with Crippen molar-refractivity contribution in [3.8, 4) is 0 Å². The molecule has 53 heavy (non-hydrogen) atoms. The van der Waals surface area contributed by atoms with Gasteiger partial charge in [0.1, 0.15) is 33.5 Å². The molecule has 1 aromatic carbocycles. The number of ether oxygens (including phenoxy) is 2. The first kappa shape index (κ1) is 38.6. The Morgan fingerprint density at radius 2 is 1.87 bits per heavy atom. The maximum absolute atomic E-state index is 14.4. The Kier molecular flexibility index (Phi) is 11.1. The van der Waals surface area contributed by atoms with Crippen molar-refractivity contribution in [1.82, 2.24) is 25.2 Å². The lowest BCUT2D eigenvalue weighted by atomic mass is 10.0. The normalized spacial score (nSPS) is 26.9. The number of halogens is 1. The van der Waals surface area contributed by atoms with E-state index in [0.717, 1.165) is 35.3 Å². The number of benzene rings is 1. The minimum absolute atomic E-state index is 0.0532. The summed E-state index contributed by atoms with van der Waals surface area (Å²) in [5.74, 6) is -2.69. The van der Waals surface area contributed by atoms with E-state index in [4.69, 9.17) is 21.1 Å². The predicted molar refractivity (Wildman–Crippen MR) is 195 cm³/mol. The van der Waals surface area contributed by atoms with Crippen LogP contribution in [0, 0.1) is 5.92 Å². The second-order valence-electron chi connectivity index (χ2n) is 14.9. The van der Waals surface area contributed by atoms with Crippen molar-refractivity contribution in [3.63, 3.8) is 0 Å². The summed E-state index contributed by atoms with van der Waals surface area (Å²) in [7, 11) is -4.21. The highest BCUT2D eigenvalue weighted by Gasteiger charge is 2.62. The number of hydrogen-bond acceptors (Lipinski definition) is 10. The Bertz CT molecular complexity index is 1900. The van der Waals surface area contributed by atoms with Crippen molar-refractivity contribution in [2.45, 2.75) is 112 Å². The summed E-state index contributed by atoms with van der Waals surface area (Å²) in [6.07, 6.45) is 4.37. The highest BCUT2D eigenvalue weighted by Crippen LogP contribution is 2.46. The Balaban J connectivity index is 1.26. The lowest BCUT2D eigenvalue weighted by Crippen LogP contribution is -2.58. The number of thiophene rings is 1. The predicted octanol–water partition coefficient (Wildman–Crippen LogP) is 4.62. The molecule has 5 amide bonds. The molecular formula is C36H44ClN5O9S2. The maximum Gasteiger partial charge on any atom is 0.410 e. The van der Waals surface area contributed by atoms with Gasteiger partial charge in [0.2, 0.25) is 11.8 Å². The van der Waals surface area contributed by atoms with Gasteiger partial charge in [-0.3, -0.25) is 19.3 Å². The fourth-order valence-corrected chi connectivity index (χ4v) is 9.31. The number of sulfonamides is 1. The van der Waals surface area contributed by atoms with Gasteiger partial charge in [0, 0.05) is 23.9 Å². The molecule has 17 heteroatoms. The molecule has 0 radical (unpaired) electrons. The number of nitrogens with one attached hydrogen (secondary N) is 3. The van der Waals surface area contributed by atoms with E-state index in [9.17, 15) is 32.4 Å². The topological polar surface area (TPSA) is 181 Å². The fraction of sp³-hybridized carbons (Fsp3) is 0.528. The SMILES string of the molecule is CC(C)(C)OC(=O)N[C@H]1CCCCC/C=C\[C@@H]2C[C@@]2(C(=O)NS(=O)(=O)c2cccs2)NC(=O)[C@@H]2C[C@@H](OC(=O)N3Cc4cccc(Cl)c4C3)CN2C1=O. The van der Waals surface area contributed by atoms with Gasteiger partial charge in [0.05, 0.1) is 13.1 Å². The monoisotopic (exact) mass is 789 g/mol. The van der Waals surface area contributed by atoms with Gasteiger partial charge < -0.3 is 25.0 Å². The van der Waals surface area contributed by atoms with Gasteiger partial charge in [-0.05, 0) is 75.1 Å². The third-order valence-electron chi connectivity index (χ3n) is 9.77. The molecule has 1 saturated carbocycles. The zero-order valence-corrected chi connectivity index (χ0v) is 32.2. The van der Waals surface area contributed by atoms with E-state index in [1.165, 1.54) is 15.9 Å². The van der Waals surface area contributed by atoms with Gasteiger partial charge in [-0.15, -0.1) is 11.3 Å². The molecular weight excluding hydrogens is 746 g/mol. The molecule has 6 rings (SSSR count). The number of alkyl carbamates (subject to hydrolysis) is 1. The summed E-state index contributed by atoms with van der Waals surface area (Å²) in [5, 5.41) is 7.59. The van der Waals surface area contributed by atoms with Crippen LogP contribution in [0.3, 0.4) is 0 Å². The molecule has 0 unspecified atom stereocenters. The number of carbonyl (C=O) groups excluding carboxylic acids is 5. The second-order valence-corrected chi connectivity index (χ2v) is 18.1. The van der Waals surface area contributed by atoms with Crippen LogP contribution in [0.25, 0.3) is 0 Å². The third kappa shape index (κ3) is 8.81. The average Bonchev–Trinajstić information content (AvgIpc) is 3.55. The van der Waals surface area contributed by atoms with E-state index in [1.807, 2.05) is 18.2 Å². The van der Waals surface area contributed by atoms with Crippen LogP contribution in [0.15, 0.2) is 52.1 Å². The van der Waals surface area contributed by atoms with Crippen molar-refractivity contribution < 1.29 is 41.9 Å². The molecule has 3 N–H and O–H groups in total. The summed E-state index contributed by atoms with van der Waals surface area (Å²) in [6.45, 7) is 5.45. The lowest BCUT2D eigenvalue weighted by Gasteiger charge is -2.30. The summed E-state index contributed by atoms with van der Waals surface area (Å²) >= 11 is 7.31. The first-order chi connectivity index (χ1) is 25.1. The molecule has 1 aliphatic carbocycles. The standard InChI is InChI=1S/C36H44ClN5O9S2/c1-35(2,3)51-33(46)38-27-14-8-6-4-5-7-12-23-18-36(23,32(45)40-53(48,49)29-15-10-16-52-29)39-30(43)28-17-24(20-42(28)31(27)44)50-34(47)41-19-22-11-9-13-26(37)25(22)21-41/h7,9-13,15-16,23-24,27-28H,4-6,8,14,17-21H2,1-3H3,(H,38,46)(H,39,43)(H,40,45)/b12-7-/t23-,24-,27+,28+,36-/m1/s1. The highest BCUT2D eigenvalue weighted by molar-refractivity contribution is 7.92. The van der Waals surface area contributed by atoms with Crippen molar-refractivity contribution >= 4 is 62.9 Å². The van der Waals surface area contributed by atoms with Gasteiger partial charge in [0.25, 0.3) is 15.9 Å². The summed E-state index contributed by atoms with van der Waals surface area (Å²) < 4.78 is 39.6. The smallest absolute Gasteiger partial charge is 0.410 e. The highest BCUT2D eigenvalue weighted by atomic mass is 35.5. The van der Waals surface area contributed by atoms with Gasteiger partial charge in [-0.25, -0.2) is 22.7 Å². The first-order valence-electron chi connectivity index (χ1n) is 17.7. The summed E-state index contributed by atoms with van der Waals surface area (Å²) in [5.41, 5.74) is -0.734. The minimum atomic E-state index is -4.21. The van der Waals surface area contributed by atoms with Crippen LogP contribution in [0.5, 0.6) is 0 Å². The van der Waals surface area contributed by atoms with Crippen molar-refractivity contribution in [1.29, 1.82) is 0 Å². The van der Waals surface area contributed by atoms with E-state index in [0.29, 0.717) is 17.9 Å². The van der Waals surface area contributed by atoms with Crippen LogP contribution >= 0.6 is 22.9 Å². The number of rotatable bonds is 5. The molecule has 5 atom stereocenters. The molecule has 286 valence electrons. The Morgan fingerprint density at radius 3 is 2.58 bits per heavy atom. The minimum Gasteiger partial charge on any atom is -0.444 e. The lowest BCUT2D eigenvalue weighted by molar-refractivity contribution is -0.141. The molecule has 4 heterocycles. The van der Waals surface area contributed by atoms with Crippen LogP contribution < -0.4 is 15.4 Å². The van der Waals surface area contributed by atoms with Gasteiger partial charge in [0.15, 0.2) is 0 Å². The van der Waals surface area contributed by atoms with E-state index >= 15 is 0 Å². The number of allylic oxidation sites excluding steroid dienone is 1. The molecule has 1 aromatic heterocycles. The summed E-state index contributed by atoms with van der Waals surface area (Å²) in [4.78, 5) is 71.5. The molecule has 2 aromatic rings. The number of hydrogen-bond donors (Lipinski definition) is 3. The van der Waals surface area contributed by atoms with Gasteiger partial charge in [-0.2, -0.15) is 0 Å². The Hall–Kier alpha value is -4.15. The van der Waals surface area contributed by atoms with Crippen LogP contribution in [0.4, 0.5) is 9.59 Å². The number of nitrogens with zero attached hydrogens (tertiary/aromatic N) is 2. The van der Waals surface area contributed by atoms with Crippen LogP contribution in [0.2, 0.25) is 5.02 Å². The zero-order valence-electron chi connectivity index (χ0n) is 29.8. The van der Waals surface area contributed by atoms with Crippen molar-refractivity contribution in [3.05, 3.63) is 64.0 Å². The van der Waals surface area contributed by atoms with Crippen LogP contribution in [-0.2, 0) is 47.0 Å². The van der Waals surface area contributed by atoms with E-state index < -0.39 is 75.2 Å². The molecule has 4 aliphatic rings. The quantitative estimate of drug-likeness (QED) is 0.365. The van der Waals surface area contributed by atoms with Crippen LogP contribution in [-0.4, -0.2) is 84.0 Å². The Morgan fingerprint density at radius 1 is 1.08 bits per heavy atom. The molecule has 3 aliphatic heterocycles. The van der Waals surface area contributed by atoms with Crippen molar-refractivity contribution in [2.75, 3.05) is 6.54 Å². The van der Waals surface area contributed by atoms with Gasteiger partial charge in [-0.1, -0.05) is 54.8 Å². The van der Waals surface area contributed by atoms with Crippen molar-refractivity contribution in [2.24, 2.45) is 5.92 Å². The largest absolute Gasteiger partial charge is 0.444 e. The summed E-state index contributed by atoms with van der Waals surface area (Å²) in [6, 6.07) is 6.06. The molecule has 14 nitrogen and oxygen atoms in total. The molecule has 0 bridgehead atoms. The molecule has 2 fully saturated rings. The molecule has 1 saturated heterocycles. The van der Waals surface area contributed by atoms with E-state index in [2.05, 4.69) is 15.4 Å². The van der Waals surface area contributed by atoms with E-state index in [-0.39, 0.29) is 43.1 Å². The van der Waals surface area contributed by atoms with Gasteiger partial charge >= 0.3 is 12.2 Å². The van der Waals surface area contributed by atoms with E-state index in [1.54, 1.807) is 44.4 Å². The fourth-order valence-electron chi connectivity index (χ4n) is 7.02. The second kappa shape index (κ2) is 15.3.